The summed E-state index contributed by atoms with van der Waals surface area (Å²) >= 11 is 7.15. The Bertz CT molecular complexity index is 1510. The fourth-order valence-electron chi connectivity index (χ4n) is 3.48. The Morgan fingerprint density at radius 1 is 0.938 bits per heavy atom. The zero-order valence-corrected chi connectivity index (χ0v) is 18.6. The van der Waals surface area contributed by atoms with E-state index in [-0.39, 0.29) is 32.3 Å². The Hall–Kier alpha value is -3.33. The number of carbonyl (C=O) groups excluding carboxylic acids is 2. The molecule has 0 atom stereocenters. The summed E-state index contributed by atoms with van der Waals surface area (Å²) in [5.41, 5.74) is 1.83. The molecule has 0 spiro atoms. The number of amides is 1. The predicted molar refractivity (Wildman–Crippen MR) is 122 cm³/mol. The maximum atomic E-state index is 13.1. The number of carbonyl (C=O) groups is 2. The lowest BCUT2D eigenvalue weighted by molar-refractivity contribution is 0.101. The van der Waals surface area contributed by atoms with E-state index in [2.05, 4.69) is 10.3 Å². The second kappa shape index (κ2) is 7.67. The number of aromatic nitrogens is 1. The highest BCUT2D eigenvalue weighted by molar-refractivity contribution is 7.91. The van der Waals surface area contributed by atoms with E-state index in [9.17, 15) is 18.0 Å². The van der Waals surface area contributed by atoms with Crippen molar-refractivity contribution in [2.75, 3.05) is 5.32 Å². The number of ketones is 1. The van der Waals surface area contributed by atoms with E-state index < -0.39 is 15.7 Å². The Morgan fingerprint density at radius 2 is 1.66 bits per heavy atom. The normalized spacial score (nSPS) is 13.8. The van der Waals surface area contributed by atoms with Crippen LogP contribution in [0.1, 0.15) is 26.3 Å². The average molecular weight is 481 g/mol. The number of benzene rings is 3. The molecule has 1 aromatic heterocycles. The van der Waals surface area contributed by atoms with Gasteiger partial charge >= 0.3 is 0 Å². The van der Waals surface area contributed by atoms with Gasteiger partial charge in [-0.1, -0.05) is 35.9 Å². The van der Waals surface area contributed by atoms with Gasteiger partial charge in [0.1, 0.15) is 0 Å². The maximum absolute atomic E-state index is 13.1. The van der Waals surface area contributed by atoms with Crippen molar-refractivity contribution in [1.82, 2.24) is 4.98 Å². The number of thiazole rings is 1. The van der Waals surface area contributed by atoms with Crippen LogP contribution in [0.5, 0.6) is 0 Å². The Labute approximate surface area is 192 Å². The number of fused-ring (bicyclic) bond motifs is 2. The molecule has 0 aliphatic carbocycles. The van der Waals surface area contributed by atoms with Crippen molar-refractivity contribution in [3.8, 4) is 11.3 Å². The first-order chi connectivity index (χ1) is 15.3. The van der Waals surface area contributed by atoms with Crippen LogP contribution in [0, 0.1) is 0 Å². The Morgan fingerprint density at radius 3 is 2.44 bits per heavy atom. The zero-order valence-electron chi connectivity index (χ0n) is 16.2. The highest BCUT2D eigenvalue weighted by Crippen LogP contribution is 2.35. The minimum absolute atomic E-state index is 0.0532. The molecule has 2 heterocycles. The largest absolute Gasteiger partial charge is 0.298 e. The molecule has 4 aromatic rings. The van der Waals surface area contributed by atoms with Crippen LogP contribution in [0.2, 0.25) is 5.02 Å². The van der Waals surface area contributed by atoms with Crippen LogP contribution < -0.4 is 5.32 Å². The van der Waals surface area contributed by atoms with Gasteiger partial charge in [-0.25, -0.2) is 13.4 Å². The SMILES string of the molecule is O=C(Nc1nc(-c2ccc(Cl)cc2)cs1)c1ccc2c(c1)S(=O)(=O)c1ccccc1C2=O. The summed E-state index contributed by atoms with van der Waals surface area (Å²) in [6, 6.07) is 17.3. The van der Waals surface area contributed by atoms with Gasteiger partial charge in [-0.15, -0.1) is 11.3 Å². The summed E-state index contributed by atoms with van der Waals surface area (Å²) in [5, 5.41) is 5.46. The molecule has 0 radical (unpaired) electrons. The highest BCUT2D eigenvalue weighted by Gasteiger charge is 2.35. The number of hydrogen-bond donors (Lipinski definition) is 1. The third kappa shape index (κ3) is 3.42. The third-order valence-electron chi connectivity index (χ3n) is 5.06. The number of sulfone groups is 1. The van der Waals surface area contributed by atoms with Crippen LogP contribution in [-0.2, 0) is 9.84 Å². The van der Waals surface area contributed by atoms with Gasteiger partial charge in [0.2, 0.25) is 9.84 Å². The van der Waals surface area contributed by atoms with Gasteiger partial charge < -0.3 is 0 Å². The monoisotopic (exact) mass is 480 g/mol. The summed E-state index contributed by atoms with van der Waals surface area (Å²) in [7, 11) is -3.92. The molecule has 0 fully saturated rings. The highest BCUT2D eigenvalue weighted by atomic mass is 35.5. The molecule has 1 aliphatic heterocycles. The smallest absolute Gasteiger partial charge is 0.257 e. The standard InChI is InChI=1S/C23H13ClN2O4S2/c24-15-8-5-13(6-9-15)18-12-31-23(25-18)26-22(28)14-7-10-17-20(11-14)32(29,30)19-4-2-1-3-16(19)21(17)27/h1-12H,(H,25,26,28). The average Bonchev–Trinajstić information content (AvgIpc) is 3.26. The number of nitrogens with one attached hydrogen (secondary N) is 1. The van der Waals surface area contributed by atoms with Gasteiger partial charge in [0, 0.05) is 32.7 Å². The molecular weight excluding hydrogens is 468 g/mol. The lowest BCUT2D eigenvalue weighted by Crippen LogP contribution is -2.21. The van der Waals surface area contributed by atoms with Crippen LogP contribution in [-0.4, -0.2) is 25.1 Å². The fourth-order valence-corrected chi connectivity index (χ4v) is 6.00. The van der Waals surface area contributed by atoms with Crippen molar-refractivity contribution in [3.63, 3.8) is 0 Å². The van der Waals surface area contributed by atoms with E-state index >= 15 is 0 Å². The summed E-state index contributed by atoms with van der Waals surface area (Å²) in [4.78, 5) is 29.7. The molecule has 0 unspecified atom stereocenters. The minimum Gasteiger partial charge on any atom is -0.298 e. The summed E-state index contributed by atoms with van der Waals surface area (Å²) < 4.78 is 26.1. The molecule has 0 saturated carbocycles. The molecule has 0 bridgehead atoms. The lowest BCUT2D eigenvalue weighted by atomic mass is 10.0. The van der Waals surface area contributed by atoms with Crippen molar-refractivity contribution in [1.29, 1.82) is 0 Å². The first-order valence-electron chi connectivity index (χ1n) is 9.40. The van der Waals surface area contributed by atoms with Gasteiger partial charge in [0.05, 0.1) is 15.5 Å². The van der Waals surface area contributed by atoms with E-state index in [4.69, 9.17) is 11.6 Å². The molecule has 5 rings (SSSR count). The molecule has 9 heteroatoms. The molecule has 0 saturated heterocycles. The number of anilines is 1. The molecule has 1 aliphatic rings. The van der Waals surface area contributed by atoms with Crippen molar-refractivity contribution >= 4 is 49.6 Å². The molecule has 3 aromatic carbocycles. The molecule has 158 valence electrons. The third-order valence-corrected chi connectivity index (χ3v) is 7.93. The minimum atomic E-state index is -3.92. The summed E-state index contributed by atoms with van der Waals surface area (Å²) in [6.45, 7) is 0. The molecular formula is C23H13ClN2O4S2. The topological polar surface area (TPSA) is 93.2 Å². The molecule has 6 nitrogen and oxygen atoms in total. The van der Waals surface area contributed by atoms with E-state index in [0.717, 1.165) is 5.56 Å². The first kappa shape index (κ1) is 20.6. The van der Waals surface area contributed by atoms with Crippen molar-refractivity contribution < 1.29 is 18.0 Å². The molecule has 1 amide bonds. The zero-order chi connectivity index (χ0) is 22.5. The maximum Gasteiger partial charge on any atom is 0.257 e. The van der Waals surface area contributed by atoms with Crippen LogP contribution in [0.15, 0.2) is 81.9 Å². The number of halogens is 1. The molecule has 32 heavy (non-hydrogen) atoms. The van der Waals surface area contributed by atoms with Crippen LogP contribution >= 0.6 is 22.9 Å². The van der Waals surface area contributed by atoms with Gasteiger partial charge in [-0.2, -0.15) is 0 Å². The van der Waals surface area contributed by atoms with Gasteiger partial charge in [0.25, 0.3) is 5.91 Å². The van der Waals surface area contributed by atoms with Gasteiger partial charge in [-0.05, 0) is 42.5 Å². The Balaban J connectivity index is 1.45. The van der Waals surface area contributed by atoms with E-state index in [1.807, 2.05) is 12.1 Å². The van der Waals surface area contributed by atoms with Crippen LogP contribution in [0.3, 0.4) is 0 Å². The first-order valence-corrected chi connectivity index (χ1v) is 12.1. The second-order valence-electron chi connectivity index (χ2n) is 7.04. The Kier molecular flexibility index (Phi) is 4.93. The van der Waals surface area contributed by atoms with Crippen molar-refractivity contribution in [2.45, 2.75) is 9.79 Å². The van der Waals surface area contributed by atoms with Crippen LogP contribution in [0.4, 0.5) is 5.13 Å². The van der Waals surface area contributed by atoms with E-state index in [0.29, 0.717) is 15.8 Å². The quantitative estimate of drug-likeness (QED) is 0.388. The summed E-state index contributed by atoms with van der Waals surface area (Å²) in [5.74, 6) is -0.906. The van der Waals surface area contributed by atoms with Crippen LogP contribution in [0.25, 0.3) is 11.3 Å². The lowest BCUT2D eigenvalue weighted by Gasteiger charge is -2.19. The molecule has 1 N–H and O–H groups in total. The number of rotatable bonds is 3. The van der Waals surface area contributed by atoms with E-state index in [1.165, 1.54) is 41.7 Å². The van der Waals surface area contributed by atoms with Crippen molar-refractivity contribution in [3.05, 3.63) is 93.8 Å². The predicted octanol–water partition coefficient (Wildman–Crippen LogP) is 5.09. The van der Waals surface area contributed by atoms with Crippen molar-refractivity contribution in [2.24, 2.45) is 0 Å². The number of nitrogens with zero attached hydrogens (tertiary/aromatic N) is 1. The van der Waals surface area contributed by atoms with Gasteiger partial charge in [0.15, 0.2) is 10.9 Å². The summed E-state index contributed by atoms with van der Waals surface area (Å²) in [6.07, 6.45) is 0. The fraction of sp³-hybridized carbons (Fsp3) is 0. The second-order valence-corrected chi connectivity index (χ2v) is 10.2. The van der Waals surface area contributed by atoms with E-state index in [1.54, 1.807) is 29.6 Å². The van der Waals surface area contributed by atoms with Gasteiger partial charge in [-0.3, -0.25) is 14.9 Å². The number of hydrogen-bond acceptors (Lipinski definition) is 6.